The SMILES string of the molecule is CCOC1CC(NCC(O)c2cccc(OC)c2)C1(C)C. The molecule has 0 aromatic heterocycles. The highest BCUT2D eigenvalue weighted by Crippen LogP contribution is 2.42. The number of hydrogen-bond donors (Lipinski definition) is 2. The molecule has 118 valence electrons. The van der Waals surface area contributed by atoms with Crippen LogP contribution in [0, 0.1) is 5.41 Å². The lowest BCUT2D eigenvalue weighted by atomic mass is 9.64. The Morgan fingerprint density at radius 2 is 2.19 bits per heavy atom. The van der Waals surface area contributed by atoms with Crippen molar-refractivity contribution < 1.29 is 14.6 Å². The molecule has 0 heterocycles. The van der Waals surface area contributed by atoms with E-state index in [1.165, 1.54) is 0 Å². The quantitative estimate of drug-likeness (QED) is 0.811. The average Bonchev–Trinajstić information content (AvgIpc) is 2.49. The summed E-state index contributed by atoms with van der Waals surface area (Å²) in [7, 11) is 1.63. The molecule has 4 nitrogen and oxygen atoms in total. The van der Waals surface area contributed by atoms with Gasteiger partial charge in [0.15, 0.2) is 0 Å². The zero-order chi connectivity index (χ0) is 15.5. The van der Waals surface area contributed by atoms with Crippen LogP contribution in [-0.4, -0.2) is 37.5 Å². The summed E-state index contributed by atoms with van der Waals surface area (Å²) in [6.45, 7) is 7.76. The minimum absolute atomic E-state index is 0.115. The van der Waals surface area contributed by atoms with Crippen molar-refractivity contribution in [1.29, 1.82) is 0 Å². The van der Waals surface area contributed by atoms with Gasteiger partial charge in [0.2, 0.25) is 0 Å². The Morgan fingerprint density at radius 3 is 2.81 bits per heavy atom. The number of benzene rings is 1. The number of ether oxygens (including phenoxy) is 2. The van der Waals surface area contributed by atoms with Crippen LogP contribution in [0.5, 0.6) is 5.75 Å². The number of methoxy groups -OCH3 is 1. The number of nitrogens with one attached hydrogen (secondary N) is 1. The van der Waals surface area contributed by atoms with Crippen molar-refractivity contribution in [3.63, 3.8) is 0 Å². The summed E-state index contributed by atoms with van der Waals surface area (Å²) in [5.41, 5.74) is 0.990. The summed E-state index contributed by atoms with van der Waals surface area (Å²) in [5, 5.41) is 13.8. The predicted octanol–water partition coefficient (Wildman–Crippen LogP) is 2.52. The molecule has 3 atom stereocenters. The lowest BCUT2D eigenvalue weighted by Crippen LogP contribution is -2.61. The van der Waals surface area contributed by atoms with Crippen LogP contribution in [0.4, 0.5) is 0 Å². The van der Waals surface area contributed by atoms with E-state index in [1.807, 2.05) is 31.2 Å². The van der Waals surface area contributed by atoms with E-state index >= 15 is 0 Å². The molecule has 0 amide bonds. The Kier molecular flexibility index (Phi) is 5.25. The Bertz CT molecular complexity index is 461. The summed E-state index contributed by atoms with van der Waals surface area (Å²) >= 11 is 0. The lowest BCUT2D eigenvalue weighted by molar-refractivity contribution is -0.115. The van der Waals surface area contributed by atoms with E-state index in [2.05, 4.69) is 19.2 Å². The van der Waals surface area contributed by atoms with Crippen molar-refractivity contribution >= 4 is 0 Å². The Morgan fingerprint density at radius 1 is 1.43 bits per heavy atom. The van der Waals surface area contributed by atoms with E-state index in [-0.39, 0.29) is 5.41 Å². The molecule has 0 aliphatic heterocycles. The third-order valence-electron chi connectivity index (χ3n) is 4.58. The third kappa shape index (κ3) is 3.57. The van der Waals surface area contributed by atoms with Crippen LogP contribution in [0.1, 0.15) is 38.9 Å². The first-order valence-electron chi connectivity index (χ1n) is 7.66. The number of aliphatic hydroxyl groups excluding tert-OH is 1. The molecule has 2 N–H and O–H groups in total. The van der Waals surface area contributed by atoms with Crippen LogP contribution in [0.25, 0.3) is 0 Å². The molecule has 1 aliphatic carbocycles. The van der Waals surface area contributed by atoms with Gasteiger partial charge >= 0.3 is 0 Å². The Balaban J connectivity index is 1.86. The summed E-state index contributed by atoms with van der Waals surface area (Å²) in [6, 6.07) is 7.96. The van der Waals surface area contributed by atoms with Gasteiger partial charge in [-0.3, -0.25) is 0 Å². The molecular weight excluding hydrogens is 266 g/mol. The van der Waals surface area contributed by atoms with Gasteiger partial charge in [0.1, 0.15) is 5.75 Å². The summed E-state index contributed by atoms with van der Waals surface area (Å²) in [6.07, 6.45) is 0.794. The van der Waals surface area contributed by atoms with Crippen LogP contribution in [0.2, 0.25) is 0 Å². The predicted molar refractivity (Wildman–Crippen MR) is 83.6 cm³/mol. The normalized spacial score (nSPS) is 25.2. The molecule has 0 bridgehead atoms. The maximum Gasteiger partial charge on any atom is 0.119 e. The van der Waals surface area contributed by atoms with E-state index in [0.29, 0.717) is 18.7 Å². The zero-order valence-corrected chi connectivity index (χ0v) is 13.4. The molecule has 1 saturated carbocycles. The van der Waals surface area contributed by atoms with E-state index in [1.54, 1.807) is 7.11 Å². The van der Waals surface area contributed by atoms with E-state index in [9.17, 15) is 5.11 Å². The monoisotopic (exact) mass is 293 g/mol. The fraction of sp³-hybridized carbons (Fsp3) is 0.647. The summed E-state index contributed by atoms with van der Waals surface area (Å²) < 4.78 is 10.9. The molecule has 21 heavy (non-hydrogen) atoms. The van der Waals surface area contributed by atoms with Crippen molar-refractivity contribution in [3.8, 4) is 5.75 Å². The highest BCUT2D eigenvalue weighted by molar-refractivity contribution is 5.30. The second-order valence-electron chi connectivity index (χ2n) is 6.25. The first kappa shape index (κ1) is 16.3. The molecule has 1 aromatic carbocycles. The Hall–Kier alpha value is -1.10. The molecule has 3 unspecified atom stereocenters. The van der Waals surface area contributed by atoms with Gasteiger partial charge in [-0.05, 0) is 31.0 Å². The minimum atomic E-state index is -0.526. The molecule has 0 radical (unpaired) electrons. The molecule has 2 rings (SSSR count). The van der Waals surface area contributed by atoms with E-state index in [4.69, 9.17) is 9.47 Å². The van der Waals surface area contributed by atoms with Crippen molar-refractivity contribution in [1.82, 2.24) is 5.32 Å². The van der Waals surface area contributed by atoms with Gasteiger partial charge in [0.25, 0.3) is 0 Å². The van der Waals surface area contributed by atoms with Gasteiger partial charge in [-0.1, -0.05) is 26.0 Å². The van der Waals surface area contributed by atoms with Gasteiger partial charge in [0, 0.05) is 24.6 Å². The van der Waals surface area contributed by atoms with Gasteiger partial charge in [-0.15, -0.1) is 0 Å². The van der Waals surface area contributed by atoms with Crippen molar-refractivity contribution in [3.05, 3.63) is 29.8 Å². The van der Waals surface area contributed by atoms with Crippen LogP contribution in [-0.2, 0) is 4.74 Å². The van der Waals surface area contributed by atoms with Gasteiger partial charge < -0.3 is 19.9 Å². The van der Waals surface area contributed by atoms with Crippen LogP contribution in [0.15, 0.2) is 24.3 Å². The zero-order valence-electron chi connectivity index (χ0n) is 13.4. The second kappa shape index (κ2) is 6.77. The van der Waals surface area contributed by atoms with Crippen LogP contribution in [0.3, 0.4) is 0 Å². The van der Waals surface area contributed by atoms with Crippen LogP contribution >= 0.6 is 0 Å². The van der Waals surface area contributed by atoms with Gasteiger partial charge in [-0.2, -0.15) is 0 Å². The molecule has 0 saturated heterocycles. The number of rotatable bonds is 7. The standard InChI is InChI=1S/C17H27NO3/c1-5-21-16-10-15(17(16,2)3)18-11-14(19)12-7-6-8-13(9-12)20-4/h6-9,14-16,18-19H,5,10-11H2,1-4H3. The first-order chi connectivity index (χ1) is 9.98. The maximum atomic E-state index is 10.3. The van der Waals surface area contributed by atoms with Crippen molar-refractivity contribution in [2.75, 3.05) is 20.3 Å². The smallest absolute Gasteiger partial charge is 0.119 e. The molecule has 0 spiro atoms. The van der Waals surface area contributed by atoms with Crippen molar-refractivity contribution in [2.24, 2.45) is 5.41 Å². The number of hydrogen-bond acceptors (Lipinski definition) is 4. The second-order valence-corrected chi connectivity index (χ2v) is 6.25. The van der Waals surface area contributed by atoms with Crippen LogP contribution < -0.4 is 10.1 Å². The molecule has 4 heteroatoms. The van der Waals surface area contributed by atoms with Gasteiger partial charge in [-0.25, -0.2) is 0 Å². The largest absolute Gasteiger partial charge is 0.497 e. The first-order valence-corrected chi connectivity index (χ1v) is 7.66. The molecule has 1 aliphatic rings. The highest BCUT2D eigenvalue weighted by Gasteiger charge is 2.48. The topological polar surface area (TPSA) is 50.7 Å². The summed E-state index contributed by atoms with van der Waals surface area (Å²) in [5.74, 6) is 0.770. The van der Waals surface area contributed by atoms with E-state index in [0.717, 1.165) is 24.3 Å². The highest BCUT2D eigenvalue weighted by atomic mass is 16.5. The van der Waals surface area contributed by atoms with Gasteiger partial charge in [0.05, 0.1) is 19.3 Å². The average molecular weight is 293 g/mol. The van der Waals surface area contributed by atoms with E-state index < -0.39 is 6.10 Å². The summed E-state index contributed by atoms with van der Waals surface area (Å²) in [4.78, 5) is 0. The molecule has 1 fully saturated rings. The molecule has 1 aromatic rings. The van der Waals surface area contributed by atoms with Crippen molar-refractivity contribution in [2.45, 2.75) is 45.4 Å². The maximum absolute atomic E-state index is 10.3. The number of aliphatic hydroxyl groups is 1. The lowest BCUT2D eigenvalue weighted by Gasteiger charge is -2.52. The fourth-order valence-electron chi connectivity index (χ4n) is 2.94. The third-order valence-corrected chi connectivity index (χ3v) is 4.58. The fourth-order valence-corrected chi connectivity index (χ4v) is 2.94. The Labute approximate surface area is 127 Å². The minimum Gasteiger partial charge on any atom is -0.497 e. The molecular formula is C17H27NO3.